The van der Waals surface area contributed by atoms with Crippen molar-refractivity contribution in [2.45, 2.75) is 71.6 Å². The Morgan fingerprint density at radius 2 is 1.44 bits per heavy atom. The molecule has 0 fully saturated rings. The smallest absolute Gasteiger partial charge is 0.251 e. The van der Waals surface area contributed by atoms with Crippen LogP contribution in [-0.2, 0) is 4.79 Å². The van der Waals surface area contributed by atoms with Gasteiger partial charge in [0.2, 0.25) is 5.91 Å². The molecule has 32 heavy (non-hydrogen) atoms. The molecule has 0 saturated heterocycles. The Morgan fingerprint density at radius 3 is 1.97 bits per heavy atom. The van der Waals surface area contributed by atoms with Gasteiger partial charge in [-0.3, -0.25) is 9.59 Å². The first-order valence-electron chi connectivity index (χ1n) is 11.8. The summed E-state index contributed by atoms with van der Waals surface area (Å²) in [5.41, 5.74) is 10.8. The van der Waals surface area contributed by atoms with Gasteiger partial charge in [0.05, 0.1) is 0 Å². The van der Waals surface area contributed by atoms with Crippen LogP contribution in [0.4, 0.5) is 11.4 Å². The molecule has 0 heterocycles. The summed E-state index contributed by atoms with van der Waals surface area (Å²) in [6, 6.07) is 14.4. The lowest BCUT2D eigenvalue weighted by atomic mass is 9.92. The predicted molar refractivity (Wildman–Crippen MR) is 134 cm³/mol. The molecule has 0 bridgehead atoms. The Balaban J connectivity index is 2.00. The van der Waals surface area contributed by atoms with E-state index < -0.39 is 0 Å². The van der Waals surface area contributed by atoms with Gasteiger partial charge in [0.1, 0.15) is 0 Å². The van der Waals surface area contributed by atoms with Crippen LogP contribution in [0.3, 0.4) is 0 Å². The number of unbranched alkanes of at least 4 members (excludes halogenated alkanes) is 3. The molecule has 2 aromatic carbocycles. The topological polar surface area (TPSA) is 75.4 Å². The standard InChI is InChI=1S/C27H39N3O2/c1-19(2)23-11-10-12-24(20(3)4)26(23)30(5)22-16-14-21(15-17-22)27(32)29-18-9-7-6-8-13-25(28)31/h10-12,14-17,19-20H,6-9,13,18H2,1-5H3,(H2,28,31)(H,29,32). The lowest BCUT2D eigenvalue weighted by molar-refractivity contribution is -0.118. The van der Waals surface area contributed by atoms with Crippen molar-refractivity contribution >= 4 is 23.2 Å². The molecular weight excluding hydrogens is 398 g/mol. The number of para-hydroxylation sites is 1. The average Bonchev–Trinajstić information content (AvgIpc) is 2.77. The van der Waals surface area contributed by atoms with Gasteiger partial charge < -0.3 is 16.0 Å². The maximum Gasteiger partial charge on any atom is 0.251 e. The van der Waals surface area contributed by atoms with Crippen LogP contribution in [0.1, 0.15) is 93.1 Å². The van der Waals surface area contributed by atoms with E-state index in [1.807, 2.05) is 24.3 Å². The van der Waals surface area contributed by atoms with Gasteiger partial charge in [-0.2, -0.15) is 0 Å². The molecule has 0 aliphatic rings. The van der Waals surface area contributed by atoms with Crippen molar-refractivity contribution in [2.24, 2.45) is 5.73 Å². The van der Waals surface area contributed by atoms with Crippen molar-refractivity contribution in [3.05, 3.63) is 59.2 Å². The summed E-state index contributed by atoms with van der Waals surface area (Å²) in [6.45, 7) is 9.53. The summed E-state index contributed by atoms with van der Waals surface area (Å²) in [5, 5.41) is 2.98. The van der Waals surface area contributed by atoms with E-state index in [1.54, 1.807) is 0 Å². The van der Waals surface area contributed by atoms with Crippen molar-refractivity contribution in [1.82, 2.24) is 5.32 Å². The first-order valence-corrected chi connectivity index (χ1v) is 11.8. The van der Waals surface area contributed by atoms with E-state index >= 15 is 0 Å². The number of nitrogens with one attached hydrogen (secondary N) is 1. The first-order chi connectivity index (χ1) is 15.2. The number of carbonyl (C=O) groups is 2. The zero-order chi connectivity index (χ0) is 23.7. The minimum Gasteiger partial charge on any atom is -0.370 e. The number of nitrogens with zero attached hydrogens (tertiary/aromatic N) is 1. The number of anilines is 2. The van der Waals surface area contributed by atoms with Crippen LogP contribution in [0.15, 0.2) is 42.5 Å². The first kappa shape index (κ1) is 25.4. The van der Waals surface area contributed by atoms with Crippen molar-refractivity contribution in [2.75, 3.05) is 18.5 Å². The zero-order valence-corrected chi connectivity index (χ0v) is 20.3. The largest absolute Gasteiger partial charge is 0.370 e. The summed E-state index contributed by atoms with van der Waals surface area (Å²) in [4.78, 5) is 25.4. The highest BCUT2D eigenvalue weighted by molar-refractivity contribution is 5.94. The third-order valence-electron chi connectivity index (χ3n) is 5.83. The molecule has 0 spiro atoms. The number of nitrogens with two attached hydrogens (primary N) is 1. The number of hydrogen-bond acceptors (Lipinski definition) is 3. The SMILES string of the molecule is CC(C)c1cccc(C(C)C)c1N(C)c1ccc(C(=O)NCCCCCCC(N)=O)cc1. The highest BCUT2D eigenvalue weighted by Crippen LogP contribution is 2.38. The van der Waals surface area contributed by atoms with Gasteiger partial charge in [-0.1, -0.05) is 58.7 Å². The Hall–Kier alpha value is -2.82. The molecule has 0 radical (unpaired) electrons. The molecule has 5 heteroatoms. The van der Waals surface area contributed by atoms with E-state index in [-0.39, 0.29) is 11.8 Å². The normalized spacial score (nSPS) is 11.1. The minimum atomic E-state index is -0.250. The Morgan fingerprint density at radius 1 is 0.875 bits per heavy atom. The maximum atomic E-state index is 12.5. The van der Waals surface area contributed by atoms with E-state index in [2.05, 4.69) is 63.2 Å². The van der Waals surface area contributed by atoms with Gasteiger partial charge >= 0.3 is 0 Å². The van der Waals surface area contributed by atoms with Crippen LogP contribution < -0.4 is 16.0 Å². The predicted octanol–water partition coefficient (Wildman–Crippen LogP) is 5.87. The lowest BCUT2D eigenvalue weighted by Gasteiger charge is -2.28. The molecule has 2 rings (SSSR count). The number of benzene rings is 2. The Labute approximate surface area is 193 Å². The average molecular weight is 438 g/mol. The molecule has 0 aliphatic carbocycles. The molecular formula is C27H39N3O2. The van der Waals surface area contributed by atoms with Gasteiger partial charge in [-0.25, -0.2) is 0 Å². The second kappa shape index (κ2) is 12.3. The highest BCUT2D eigenvalue weighted by Gasteiger charge is 2.18. The van der Waals surface area contributed by atoms with Gasteiger partial charge in [0.15, 0.2) is 0 Å². The molecule has 0 saturated carbocycles. The van der Waals surface area contributed by atoms with E-state index in [0.717, 1.165) is 31.4 Å². The van der Waals surface area contributed by atoms with Crippen LogP contribution in [0.25, 0.3) is 0 Å². The lowest BCUT2D eigenvalue weighted by Crippen LogP contribution is -2.24. The molecule has 0 atom stereocenters. The summed E-state index contributed by atoms with van der Waals surface area (Å²) < 4.78 is 0. The molecule has 0 aromatic heterocycles. The molecule has 0 unspecified atom stereocenters. The van der Waals surface area contributed by atoms with Gasteiger partial charge in [-0.05, 0) is 60.1 Å². The summed E-state index contributed by atoms with van der Waals surface area (Å²) in [7, 11) is 2.10. The zero-order valence-electron chi connectivity index (χ0n) is 20.3. The monoisotopic (exact) mass is 437 g/mol. The van der Waals surface area contributed by atoms with E-state index in [0.29, 0.717) is 30.4 Å². The molecule has 3 N–H and O–H groups in total. The number of amides is 2. The minimum absolute atomic E-state index is 0.0539. The number of hydrogen-bond donors (Lipinski definition) is 2. The number of rotatable bonds is 12. The number of carbonyl (C=O) groups excluding carboxylic acids is 2. The fourth-order valence-electron chi connectivity index (χ4n) is 3.95. The quantitative estimate of drug-likeness (QED) is 0.408. The van der Waals surface area contributed by atoms with Crippen molar-refractivity contribution in [3.63, 3.8) is 0 Å². The molecule has 2 amide bonds. The Bertz CT molecular complexity index is 862. The van der Waals surface area contributed by atoms with Gasteiger partial charge in [0, 0.05) is 37.0 Å². The van der Waals surface area contributed by atoms with Crippen molar-refractivity contribution in [1.29, 1.82) is 0 Å². The maximum absolute atomic E-state index is 12.5. The van der Waals surface area contributed by atoms with E-state index in [9.17, 15) is 9.59 Å². The van der Waals surface area contributed by atoms with Crippen LogP contribution in [0, 0.1) is 0 Å². The summed E-state index contributed by atoms with van der Waals surface area (Å²) in [5.74, 6) is 0.543. The molecule has 2 aromatic rings. The van der Waals surface area contributed by atoms with Gasteiger partial charge in [-0.15, -0.1) is 0 Å². The van der Waals surface area contributed by atoms with Crippen molar-refractivity contribution in [3.8, 4) is 0 Å². The second-order valence-electron chi connectivity index (χ2n) is 9.09. The fraction of sp³-hybridized carbons (Fsp3) is 0.481. The molecule has 174 valence electrons. The van der Waals surface area contributed by atoms with Crippen LogP contribution in [-0.4, -0.2) is 25.4 Å². The van der Waals surface area contributed by atoms with Crippen LogP contribution in [0.5, 0.6) is 0 Å². The summed E-state index contributed by atoms with van der Waals surface area (Å²) in [6.07, 6.45) is 4.08. The van der Waals surface area contributed by atoms with Crippen molar-refractivity contribution < 1.29 is 9.59 Å². The summed E-state index contributed by atoms with van der Waals surface area (Å²) >= 11 is 0. The number of primary amides is 1. The highest BCUT2D eigenvalue weighted by atomic mass is 16.2. The third-order valence-corrected chi connectivity index (χ3v) is 5.83. The molecule has 0 aliphatic heterocycles. The van der Waals surface area contributed by atoms with E-state index in [4.69, 9.17) is 5.73 Å². The van der Waals surface area contributed by atoms with Crippen LogP contribution in [0.2, 0.25) is 0 Å². The Kier molecular flexibility index (Phi) is 9.76. The van der Waals surface area contributed by atoms with Gasteiger partial charge in [0.25, 0.3) is 5.91 Å². The van der Waals surface area contributed by atoms with Crippen LogP contribution >= 0.6 is 0 Å². The van der Waals surface area contributed by atoms with E-state index in [1.165, 1.54) is 16.8 Å². The second-order valence-corrected chi connectivity index (χ2v) is 9.09. The molecule has 5 nitrogen and oxygen atoms in total. The third kappa shape index (κ3) is 7.11. The fourth-order valence-corrected chi connectivity index (χ4v) is 3.95.